The van der Waals surface area contributed by atoms with Crippen LogP contribution >= 0.6 is 11.3 Å². The first-order chi connectivity index (χ1) is 8.61. The average molecular weight is 270 g/mol. The Morgan fingerprint density at radius 1 is 1.50 bits per heavy atom. The van der Waals surface area contributed by atoms with Crippen LogP contribution < -0.4 is 5.32 Å². The fourth-order valence-corrected chi connectivity index (χ4v) is 2.59. The average Bonchev–Trinajstić information content (AvgIpc) is 2.71. The van der Waals surface area contributed by atoms with Gasteiger partial charge >= 0.3 is 5.97 Å². The van der Waals surface area contributed by atoms with E-state index in [1.807, 2.05) is 0 Å². The second kappa shape index (κ2) is 8.08. The van der Waals surface area contributed by atoms with Crippen LogP contribution in [0.5, 0.6) is 0 Å². The van der Waals surface area contributed by atoms with E-state index in [-0.39, 0.29) is 6.42 Å². The highest BCUT2D eigenvalue weighted by Gasteiger charge is 2.08. The van der Waals surface area contributed by atoms with Crippen molar-refractivity contribution in [2.75, 3.05) is 5.32 Å². The molecule has 0 amide bonds. The van der Waals surface area contributed by atoms with Crippen LogP contribution in [0, 0.1) is 0 Å². The first-order valence-corrected chi connectivity index (χ1v) is 7.42. The van der Waals surface area contributed by atoms with Gasteiger partial charge in [0.2, 0.25) is 0 Å². The van der Waals surface area contributed by atoms with Crippen molar-refractivity contribution in [1.82, 2.24) is 4.98 Å². The van der Waals surface area contributed by atoms with Gasteiger partial charge in [0.25, 0.3) is 0 Å². The number of unbranched alkanes of at least 4 members (excludes halogenated alkanes) is 3. The SMILES string of the molecule is CCCCCCC(C)Nc1nc(CC(=O)O)cs1. The number of hydrogen-bond donors (Lipinski definition) is 2. The molecule has 18 heavy (non-hydrogen) atoms. The third kappa shape index (κ3) is 6.00. The Morgan fingerprint density at radius 3 is 2.94 bits per heavy atom. The number of carboxylic acids is 1. The minimum atomic E-state index is -0.834. The van der Waals surface area contributed by atoms with E-state index in [4.69, 9.17) is 5.11 Å². The molecule has 1 aromatic rings. The van der Waals surface area contributed by atoms with Gasteiger partial charge in [-0.25, -0.2) is 4.98 Å². The Bertz CT molecular complexity index is 366. The number of nitrogens with one attached hydrogen (secondary N) is 1. The lowest BCUT2D eigenvalue weighted by Crippen LogP contribution is -2.14. The van der Waals surface area contributed by atoms with Crippen molar-refractivity contribution in [3.8, 4) is 0 Å². The summed E-state index contributed by atoms with van der Waals surface area (Å²) in [6.07, 6.45) is 6.20. The second-order valence-electron chi connectivity index (χ2n) is 4.61. The van der Waals surface area contributed by atoms with Crippen molar-refractivity contribution in [3.63, 3.8) is 0 Å². The molecule has 0 fully saturated rings. The fraction of sp³-hybridized carbons (Fsp3) is 0.692. The number of aromatic nitrogens is 1. The molecule has 0 bridgehead atoms. The number of anilines is 1. The molecule has 1 rings (SSSR count). The Morgan fingerprint density at radius 2 is 2.28 bits per heavy atom. The summed E-state index contributed by atoms with van der Waals surface area (Å²) in [7, 11) is 0. The molecule has 0 aliphatic rings. The predicted octanol–water partition coefficient (Wildman–Crippen LogP) is 3.54. The summed E-state index contributed by atoms with van der Waals surface area (Å²) in [5.41, 5.74) is 0.633. The smallest absolute Gasteiger partial charge is 0.309 e. The van der Waals surface area contributed by atoms with E-state index in [1.54, 1.807) is 5.38 Å². The molecule has 0 aromatic carbocycles. The van der Waals surface area contributed by atoms with Gasteiger partial charge in [0.15, 0.2) is 5.13 Å². The number of rotatable bonds is 9. The summed E-state index contributed by atoms with van der Waals surface area (Å²) < 4.78 is 0. The Labute approximate surface area is 112 Å². The van der Waals surface area contributed by atoms with Crippen LogP contribution in [-0.4, -0.2) is 22.1 Å². The summed E-state index contributed by atoms with van der Waals surface area (Å²) in [6.45, 7) is 4.35. The molecule has 1 unspecified atom stereocenters. The van der Waals surface area contributed by atoms with Gasteiger partial charge in [0, 0.05) is 11.4 Å². The van der Waals surface area contributed by atoms with Crippen LogP contribution in [0.4, 0.5) is 5.13 Å². The minimum absolute atomic E-state index is 0.00304. The van der Waals surface area contributed by atoms with Gasteiger partial charge in [-0.2, -0.15) is 0 Å². The van der Waals surface area contributed by atoms with E-state index in [1.165, 1.54) is 37.0 Å². The molecule has 0 aliphatic carbocycles. The molecule has 4 nitrogen and oxygen atoms in total. The summed E-state index contributed by atoms with van der Waals surface area (Å²) >= 11 is 1.48. The molecule has 0 saturated heterocycles. The van der Waals surface area contributed by atoms with Gasteiger partial charge in [-0.3, -0.25) is 4.79 Å². The summed E-state index contributed by atoms with van der Waals surface area (Å²) in [4.78, 5) is 14.8. The van der Waals surface area contributed by atoms with Crippen molar-refractivity contribution < 1.29 is 9.90 Å². The number of thiazole rings is 1. The van der Waals surface area contributed by atoms with Crippen LogP contribution in [0.1, 0.15) is 51.6 Å². The van der Waals surface area contributed by atoms with Crippen molar-refractivity contribution in [3.05, 3.63) is 11.1 Å². The van der Waals surface area contributed by atoms with Gasteiger partial charge in [0.05, 0.1) is 12.1 Å². The maximum absolute atomic E-state index is 10.5. The maximum Gasteiger partial charge on any atom is 0.309 e. The molecule has 1 atom stereocenters. The predicted molar refractivity (Wildman–Crippen MR) is 75.3 cm³/mol. The summed E-state index contributed by atoms with van der Waals surface area (Å²) in [5.74, 6) is -0.834. The third-order valence-corrected chi connectivity index (χ3v) is 3.57. The lowest BCUT2D eigenvalue weighted by Gasteiger charge is -2.12. The lowest BCUT2D eigenvalue weighted by atomic mass is 10.1. The van der Waals surface area contributed by atoms with Gasteiger partial charge in [-0.05, 0) is 13.3 Å². The highest BCUT2D eigenvalue weighted by Crippen LogP contribution is 2.18. The highest BCUT2D eigenvalue weighted by atomic mass is 32.1. The summed E-state index contributed by atoms with van der Waals surface area (Å²) in [5, 5.41) is 14.6. The van der Waals surface area contributed by atoms with Crippen LogP contribution in [-0.2, 0) is 11.2 Å². The molecular weight excluding hydrogens is 248 g/mol. The molecule has 0 saturated carbocycles. The monoisotopic (exact) mass is 270 g/mol. The molecule has 0 radical (unpaired) electrons. The zero-order chi connectivity index (χ0) is 13.4. The molecule has 102 valence electrons. The zero-order valence-corrected chi connectivity index (χ0v) is 11.9. The van der Waals surface area contributed by atoms with Gasteiger partial charge in [0.1, 0.15) is 0 Å². The number of nitrogens with zero attached hydrogens (tertiary/aromatic N) is 1. The fourth-order valence-electron chi connectivity index (χ4n) is 1.77. The molecular formula is C13H22N2O2S. The maximum atomic E-state index is 10.5. The first-order valence-electron chi connectivity index (χ1n) is 6.54. The molecule has 0 spiro atoms. The van der Waals surface area contributed by atoms with Crippen molar-refractivity contribution in [2.24, 2.45) is 0 Å². The number of hydrogen-bond acceptors (Lipinski definition) is 4. The topological polar surface area (TPSA) is 62.2 Å². The van der Waals surface area contributed by atoms with E-state index < -0.39 is 5.97 Å². The summed E-state index contributed by atoms with van der Waals surface area (Å²) in [6, 6.07) is 0.394. The Hall–Kier alpha value is -1.10. The van der Waals surface area contributed by atoms with Gasteiger partial charge < -0.3 is 10.4 Å². The second-order valence-corrected chi connectivity index (χ2v) is 5.47. The minimum Gasteiger partial charge on any atom is -0.481 e. The molecule has 1 aromatic heterocycles. The zero-order valence-electron chi connectivity index (χ0n) is 11.1. The normalized spacial score (nSPS) is 12.3. The number of carboxylic acid groups (broad SMARTS) is 1. The van der Waals surface area contributed by atoms with Gasteiger partial charge in [-0.1, -0.05) is 32.6 Å². The molecule has 5 heteroatoms. The number of carbonyl (C=O) groups is 1. The van der Waals surface area contributed by atoms with E-state index in [9.17, 15) is 4.79 Å². The first kappa shape index (κ1) is 15.0. The van der Waals surface area contributed by atoms with Crippen LogP contribution in [0.25, 0.3) is 0 Å². The quantitative estimate of drug-likeness (QED) is 0.674. The Kier molecular flexibility index (Phi) is 6.72. The van der Waals surface area contributed by atoms with Crippen LogP contribution in [0.3, 0.4) is 0 Å². The van der Waals surface area contributed by atoms with E-state index >= 15 is 0 Å². The van der Waals surface area contributed by atoms with Crippen molar-refractivity contribution >= 4 is 22.4 Å². The van der Waals surface area contributed by atoms with Crippen molar-refractivity contribution in [1.29, 1.82) is 0 Å². The van der Waals surface area contributed by atoms with E-state index in [0.29, 0.717) is 11.7 Å². The number of aliphatic carboxylic acids is 1. The van der Waals surface area contributed by atoms with E-state index in [0.717, 1.165) is 11.6 Å². The van der Waals surface area contributed by atoms with E-state index in [2.05, 4.69) is 24.1 Å². The standard InChI is InChI=1S/C13H22N2O2S/c1-3-4-5-6-7-10(2)14-13-15-11(9-18-13)8-12(16)17/h9-10H,3-8H2,1-2H3,(H,14,15)(H,16,17). The van der Waals surface area contributed by atoms with Gasteiger partial charge in [-0.15, -0.1) is 11.3 Å². The van der Waals surface area contributed by atoms with Crippen molar-refractivity contribution in [2.45, 2.75) is 58.4 Å². The van der Waals surface area contributed by atoms with Crippen LogP contribution in [0.2, 0.25) is 0 Å². The largest absolute Gasteiger partial charge is 0.481 e. The molecule has 2 N–H and O–H groups in total. The molecule has 1 heterocycles. The lowest BCUT2D eigenvalue weighted by molar-refractivity contribution is -0.136. The third-order valence-electron chi connectivity index (χ3n) is 2.74. The molecule has 0 aliphatic heterocycles. The highest BCUT2D eigenvalue weighted by molar-refractivity contribution is 7.13. The van der Waals surface area contributed by atoms with Crippen LogP contribution in [0.15, 0.2) is 5.38 Å². The Balaban J connectivity index is 2.28.